The fraction of sp³-hybridized carbons (Fsp3) is 0.0244. The normalized spacial score (nSPS) is 12.2. The summed E-state index contributed by atoms with van der Waals surface area (Å²) in [6.45, 7) is 5.98. The van der Waals surface area contributed by atoms with Crippen LogP contribution >= 0.6 is 0 Å². The van der Waals surface area contributed by atoms with E-state index in [1.165, 1.54) is 32.6 Å². The van der Waals surface area contributed by atoms with Crippen LogP contribution in [0, 0.1) is 0 Å². The van der Waals surface area contributed by atoms with E-state index in [1.807, 2.05) is 36.4 Å². The Labute approximate surface area is 261 Å². The minimum Gasteiger partial charge on any atom is -0.313 e. The molecule has 3 heterocycles. The Bertz CT molecular complexity index is 2380. The van der Waals surface area contributed by atoms with E-state index in [-0.39, 0.29) is 0 Å². The van der Waals surface area contributed by atoms with Crippen LogP contribution in [0.2, 0.25) is 0 Å². The Morgan fingerprint density at radius 1 is 0.600 bits per heavy atom. The van der Waals surface area contributed by atoms with Crippen LogP contribution in [0.4, 0.5) is 0 Å². The number of hydrogen-bond acceptors (Lipinski definition) is 2. The molecule has 8 aromatic rings. The number of allylic oxidation sites excluding steroid dienone is 5. The average molecular weight is 579 g/mol. The highest BCUT2D eigenvalue weighted by Gasteiger charge is 2.21. The van der Waals surface area contributed by atoms with Crippen LogP contribution < -0.4 is 0 Å². The first-order valence-electron chi connectivity index (χ1n) is 15.1. The van der Waals surface area contributed by atoms with Gasteiger partial charge in [0.15, 0.2) is 5.82 Å². The quantitative estimate of drug-likeness (QED) is 0.184. The van der Waals surface area contributed by atoms with Crippen molar-refractivity contribution in [1.82, 2.24) is 19.1 Å². The highest BCUT2D eigenvalue weighted by molar-refractivity contribution is 6.29. The molecular weight excluding hydrogens is 548 g/mol. The largest absolute Gasteiger partial charge is 0.313 e. The minimum atomic E-state index is 0.698. The Kier molecular flexibility index (Phi) is 6.46. The van der Waals surface area contributed by atoms with Crippen molar-refractivity contribution in [1.29, 1.82) is 0 Å². The van der Waals surface area contributed by atoms with Crippen molar-refractivity contribution in [2.24, 2.45) is 0 Å². The average Bonchev–Trinajstić information content (AvgIpc) is 3.62. The summed E-state index contributed by atoms with van der Waals surface area (Å²) >= 11 is 0. The van der Waals surface area contributed by atoms with E-state index in [0.29, 0.717) is 5.82 Å². The van der Waals surface area contributed by atoms with Crippen LogP contribution in [0.25, 0.3) is 77.8 Å². The van der Waals surface area contributed by atoms with Crippen molar-refractivity contribution >= 4 is 49.3 Å². The molecule has 0 atom stereocenters. The number of nitrogens with zero attached hydrogens (tertiary/aromatic N) is 4. The van der Waals surface area contributed by atoms with Crippen molar-refractivity contribution in [2.75, 3.05) is 0 Å². The van der Waals surface area contributed by atoms with Crippen LogP contribution in [-0.4, -0.2) is 19.1 Å². The minimum absolute atomic E-state index is 0.698. The van der Waals surface area contributed by atoms with Crippen molar-refractivity contribution < 1.29 is 0 Å². The van der Waals surface area contributed by atoms with Crippen LogP contribution in [0.15, 0.2) is 158 Å². The summed E-state index contributed by atoms with van der Waals surface area (Å²) in [6, 6.07) is 44.5. The van der Waals surface area contributed by atoms with Crippen LogP contribution in [0.3, 0.4) is 0 Å². The first-order chi connectivity index (χ1) is 22.2. The zero-order chi connectivity index (χ0) is 30.3. The molecule has 214 valence electrons. The molecule has 45 heavy (non-hydrogen) atoms. The zero-order valence-electron chi connectivity index (χ0n) is 24.9. The van der Waals surface area contributed by atoms with Crippen LogP contribution in [0.5, 0.6) is 0 Å². The number of rotatable bonds is 6. The third-order valence-corrected chi connectivity index (χ3v) is 8.45. The van der Waals surface area contributed by atoms with Gasteiger partial charge in [-0.2, -0.15) is 0 Å². The number of benzene rings is 5. The molecule has 0 unspecified atom stereocenters. The summed E-state index contributed by atoms with van der Waals surface area (Å²) in [5.41, 5.74) is 8.62. The SMILES string of the molecule is C=C/C=C\C=C(/C)n1c2ccccc2c2c3c4ccccc4n(-c4cc(-c5ccccc5)nc(-c5ccccc5)n4)c3ccc21. The summed E-state index contributed by atoms with van der Waals surface area (Å²) in [5, 5.41) is 4.86. The van der Waals surface area contributed by atoms with Gasteiger partial charge in [-0.25, -0.2) is 9.97 Å². The number of hydrogen-bond donors (Lipinski definition) is 0. The summed E-state index contributed by atoms with van der Waals surface area (Å²) in [7, 11) is 0. The molecule has 0 aliphatic heterocycles. The molecule has 4 heteroatoms. The van der Waals surface area contributed by atoms with Gasteiger partial charge in [0, 0.05) is 44.4 Å². The fourth-order valence-corrected chi connectivity index (χ4v) is 6.52. The molecule has 0 radical (unpaired) electrons. The molecule has 0 bridgehead atoms. The number of fused-ring (bicyclic) bond motifs is 7. The van der Waals surface area contributed by atoms with Gasteiger partial charge in [0.2, 0.25) is 0 Å². The molecule has 8 rings (SSSR count). The molecule has 0 aliphatic carbocycles. The highest BCUT2D eigenvalue weighted by atomic mass is 15.1. The molecule has 4 nitrogen and oxygen atoms in total. The van der Waals surface area contributed by atoms with Crippen LogP contribution in [-0.2, 0) is 0 Å². The maximum Gasteiger partial charge on any atom is 0.162 e. The van der Waals surface area contributed by atoms with E-state index in [2.05, 4.69) is 132 Å². The first kappa shape index (κ1) is 26.6. The second kappa shape index (κ2) is 10.9. The molecule has 3 aromatic heterocycles. The van der Waals surface area contributed by atoms with Gasteiger partial charge in [0.25, 0.3) is 0 Å². The number of aromatic nitrogens is 4. The number of para-hydroxylation sites is 2. The Morgan fingerprint density at radius 2 is 1.20 bits per heavy atom. The highest BCUT2D eigenvalue weighted by Crippen LogP contribution is 2.42. The summed E-state index contributed by atoms with van der Waals surface area (Å²) in [4.78, 5) is 10.3. The fourth-order valence-electron chi connectivity index (χ4n) is 6.52. The van der Waals surface area contributed by atoms with Crippen molar-refractivity contribution in [3.63, 3.8) is 0 Å². The van der Waals surface area contributed by atoms with Gasteiger partial charge >= 0.3 is 0 Å². The van der Waals surface area contributed by atoms with Crippen molar-refractivity contribution in [3.8, 4) is 28.5 Å². The molecule has 0 aliphatic rings. The van der Waals surface area contributed by atoms with E-state index in [9.17, 15) is 0 Å². The summed E-state index contributed by atoms with van der Waals surface area (Å²) in [6.07, 6.45) is 7.93. The standard InChI is InChI=1S/C41H30N4/c1-3-4-7-16-28(2)44-34-23-14-12-21-31(34)39-36(44)25-26-37-40(39)32-22-13-15-24-35(32)45(37)38-27-33(29-17-8-5-9-18-29)42-41(43-38)30-19-10-6-11-20-30/h3-27H,1H2,2H3/b7-4-,28-16+. The first-order valence-corrected chi connectivity index (χ1v) is 15.1. The lowest BCUT2D eigenvalue weighted by Gasteiger charge is -2.12. The molecular formula is C41H30N4. The third kappa shape index (κ3) is 4.38. The Balaban J connectivity index is 1.48. The van der Waals surface area contributed by atoms with E-state index in [4.69, 9.17) is 9.97 Å². The molecule has 0 fully saturated rings. The molecule has 0 amide bonds. The smallest absolute Gasteiger partial charge is 0.162 e. The molecule has 5 aromatic carbocycles. The second-order valence-corrected chi connectivity index (χ2v) is 11.2. The van der Waals surface area contributed by atoms with E-state index >= 15 is 0 Å². The van der Waals surface area contributed by atoms with Crippen LogP contribution in [0.1, 0.15) is 6.92 Å². The van der Waals surface area contributed by atoms with E-state index < -0.39 is 0 Å². The van der Waals surface area contributed by atoms with Gasteiger partial charge in [0.05, 0.1) is 27.8 Å². The van der Waals surface area contributed by atoms with Gasteiger partial charge in [-0.3, -0.25) is 4.57 Å². The monoisotopic (exact) mass is 578 g/mol. The maximum absolute atomic E-state index is 5.21. The maximum atomic E-state index is 5.21. The topological polar surface area (TPSA) is 35.6 Å². The predicted octanol–water partition coefficient (Wildman–Crippen LogP) is 10.6. The van der Waals surface area contributed by atoms with Gasteiger partial charge in [-0.15, -0.1) is 0 Å². The zero-order valence-corrected chi connectivity index (χ0v) is 24.9. The van der Waals surface area contributed by atoms with E-state index in [0.717, 1.165) is 39.4 Å². The molecule has 0 saturated heterocycles. The molecule has 0 spiro atoms. The Hall–Kier alpha value is -6.00. The van der Waals surface area contributed by atoms with E-state index in [1.54, 1.807) is 6.08 Å². The van der Waals surface area contributed by atoms with Crippen molar-refractivity contribution in [2.45, 2.75) is 6.92 Å². The molecule has 0 N–H and O–H groups in total. The van der Waals surface area contributed by atoms with Crippen molar-refractivity contribution in [3.05, 3.63) is 158 Å². The predicted molar refractivity (Wildman–Crippen MR) is 190 cm³/mol. The summed E-state index contributed by atoms with van der Waals surface area (Å²) in [5.74, 6) is 1.53. The van der Waals surface area contributed by atoms with Gasteiger partial charge in [-0.05, 0) is 37.3 Å². The van der Waals surface area contributed by atoms with Gasteiger partial charge in [0.1, 0.15) is 5.82 Å². The lowest BCUT2D eigenvalue weighted by molar-refractivity contribution is 1.05. The lowest BCUT2D eigenvalue weighted by Crippen LogP contribution is -2.02. The lowest BCUT2D eigenvalue weighted by atomic mass is 10.1. The second-order valence-electron chi connectivity index (χ2n) is 11.2. The third-order valence-electron chi connectivity index (χ3n) is 8.45. The van der Waals surface area contributed by atoms with Gasteiger partial charge in [-0.1, -0.05) is 122 Å². The van der Waals surface area contributed by atoms with Gasteiger partial charge < -0.3 is 4.57 Å². The Morgan fingerprint density at radius 3 is 1.93 bits per heavy atom. The molecule has 0 saturated carbocycles. The summed E-state index contributed by atoms with van der Waals surface area (Å²) < 4.78 is 4.65.